The summed E-state index contributed by atoms with van der Waals surface area (Å²) >= 11 is 0. The van der Waals surface area contributed by atoms with E-state index in [-0.39, 0.29) is 5.54 Å². The molecule has 1 amide bonds. The zero-order chi connectivity index (χ0) is 27.5. The van der Waals surface area contributed by atoms with Gasteiger partial charge >= 0.3 is 0 Å². The van der Waals surface area contributed by atoms with Crippen molar-refractivity contribution in [2.24, 2.45) is 45.8 Å². The van der Waals surface area contributed by atoms with E-state index in [9.17, 15) is 9.00 Å². The Morgan fingerprint density at radius 1 is 0.846 bits per heavy atom. The summed E-state index contributed by atoms with van der Waals surface area (Å²) in [6, 6.07) is 0. The van der Waals surface area contributed by atoms with Crippen LogP contribution in [-0.2, 0) is 15.6 Å². The Morgan fingerprint density at radius 2 is 1.64 bits per heavy atom. The van der Waals surface area contributed by atoms with Crippen molar-refractivity contribution in [3.05, 3.63) is 0 Å². The average molecular weight is 560 g/mol. The third-order valence-corrected chi connectivity index (χ3v) is 15.4. The van der Waals surface area contributed by atoms with Gasteiger partial charge in [0.15, 0.2) is 0 Å². The van der Waals surface area contributed by atoms with Gasteiger partial charge < -0.3 is 15.1 Å². The van der Waals surface area contributed by atoms with E-state index in [1.54, 1.807) is 0 Å². The summed E-state index contributed by atoms with van der Waals surface area (Å²) in [5.41, 5.74) is 1.38. The summed E-state index contributed by atoms with van der Waals surface area (Å²) in [5, 5.41) is 3.97. The first-order valence-corrected chi connectivity index (χ1v) is 18.1. The molecule has 1 N–H and O–H groups in total. The van der Waals surface area contributed by atoms with Crippen molar-refractivity contribution < 1.29 is 9.00 Å². The van der Waals surface area contributed by atoms with Crippen LogP contribution in [0.3, 0.4) is 0 Å². The summed E-state index contributed by atoms with van der Waals surface area (Å²) in [5.74, 6) is 5.95. The fraction of sp³-hybridized carbons (Fsp3) is 0.970. The van der Waals surface area contributed by atoms with Gasteiger partial charge in [-0.25, -0.2) is 0 Å². The van der Waals surface area contributed by atoms with E-state index in [0.717, 1.165) is 74.3 Å². The smallest absolute Gasteiger partial charge is 0.210 e. The number of hydrogen-bond acceptors (Lipinski definition) is 4. The van der Waals surface area contributed by atoms with E-state index in [1.807, 2.05) is 0 Å². The van der Waals surface area contributed by atoms with Crippen LogP contribution in [0.4, 0.5) is 0 Å². The molecule has 2 saturated heterocycles. The Morgan fingerprint density at radius 3 is 2.41 bits per heavy atom. The van der Waals surface area contributed by atoms with Gasteiger partial charge in [-0.05, 0) is 137 Å². The van der Waals surface area contributed by atoms with Gasteiger partial charge in [0.05, 0.1) is 0 Å². The number of carbonyl (C=O) groups is 1. The predicted molar refractivity (Wildman–Crippen MR) is 161 cm³/mol. The first-order valence-electron chi connectivity index (χ1n) is 16.6. The van der Waals surface area contributed by atoms with Crippen LogP contribution in [0.2, 0.25) is 0 Å². The lowest BCUT2D eigenvalue weighted by Gasteiger charge is -2.69. The minimum Gasteiger partial charge on any atom is -0.340 e. The molecule has 0 bridgehead atoms. The largest absolute Gasteiger partial charge is 0.340 e. The first-order chi connectivity index (χ1) is 18.6. The van der Waals surface area contributed by atoms with E-state index in [4.69, 9.17) is 0 Å². The number of fused-ring (bicyclic) bond motifs is 7. The molecule has 0 aromatic rings. The fourth-order valence-electron chi connectivity index (χ4n) is 12.2. The van der Waals surface area contributed by atoms with E-state index in [2.05, 4.69) is 42.8 Å². The van der Waals surface area contributed by atoms with Crippen molar-refractivity contribution in [2.45, 2.75) is 104 Å². The van der Waals surface area contributed by atoms with Crippen molar-refractivity contribution in [1.82, 2.24) is 15.1 Å². The van der Waals surface area contributed by atoms with Crippen molar-refractivity contribution in [3.63, 3.8) is 0 Å². The Labute approximate surface area is 241 Å². The zero-order valence-corrected chi connectivity index (χ0v) is 26.3. The molecule has 8 atom stereocenters. The standard InChI is InChI=1S/C33H57N3O2S/c1-30(2)28-11-13-31(3)26-10-14-33(23-34-16-6-17-35-19-21-39(38)22-20-35)12-5-7-27(33)25(26)8-9-29(31)32(28,4)15-18-36(30)24-37/h24-29,34H,5-23H2,1-4H3/t25?,26?,27-,28?,29?,31?,32?,33?/m1/s1. The number of carbonyl (C=O) groups excluding carboxylic acids is 1. The molecule has 0 spiro atoms. The number of piperidine rings is 1. The van der Waals surface area contributed by atoms with Gasteiger partial charge in [0, 0.05) is 54.0 Å². The number of hydrogen-bond donors (Lipinski definition) is 1. The first kappa shape index (κ1) is 28.6. The van der Waals surface area contributed by atoms with E-state index in [1.165, 1.54) is 77.2 Å². The third-order valence-electron chi connectivity index (χ3n) is 14.1. The molecule has 6 heteroatoms. The quantitative estimate of drug-likeness (QED) is 0.339. The number of rotatable bonds is 7. The Kier molecular flexibility index (Phi) is 7.84. The van der Waals surface area contributed by atoms with Crippen LogP contribution >= 0.6 is 0 Å². The molecule has 2 heterocycles. The molecule has 0 aromatic carbocycles. The van der Waals surface area contributed by atoms with E-state index < -0.39 is 10.8 Å². The molecule has 6 rings (SSSR count). The second kappa shape index (κ2) is 10.7. The highest BCUT2D eigenvalue weighted by Gasteiger charge is 2.65. The highest BCUT2D eigenvalue weighted by Crippen LogP contribution is 2.71. The predicted octanol–water partition coefficient (Wildman–Crippen LogP) is 5.32. The number of nitrogens with zero attached hydrogens (tertiary/aromatic N) is 2. The van der Waals surface area contributed by atoms with E-state index in [0.29, 0.717) is 22.2 Å². The monoisotopic (exact) mass is 559 g/mol. The summed E-state index contributed by atoms with van der Waals surface area (Å²) in [6.07, 6.45) is 16.3. The molecule has 222 valence electrons. The van der Waals surface area contributed by atoms with Crippen LogP contribution in [0.1, 0.15) is 98.3 Å². The minimum atomic E-state index is -0.568. The summed E-state index contributed by atoms with van der Waals surface area (Å²) in [7, 11) is -0.568. The molecule has 0 aromatic heterocycles. The summed E-state index contributed by atoms with van der Waals surface area (Å²) < 4.78 is 11.6. The van der Waals surface area contributed by atoms with Crippen LogP contribution in [-0.4, -0.2) is 76.7 Å². The van der Waals surface area contributed by atoms with Gasteiger partial charge in [0.2, 0.25) is 6.41 Å². The third kappa shape index (κ3) is 4.69. The topological polar surface area (TPSA) is 52.7 Å². The van der Waals surface area contributed by atoms with Crippen LogP contribution in [0.25, 0.3) is 0 Å². The highest BCUT2D eigenvalue weighted by molar-refractivity contribution is 7.85. The molecule has 39 heavy (non-hydrogen) atoms. The maximum Gasteiger partial charge on any atom is 0.210 e. The highest BCUT2D eigenvalue weighted by atomic mass is 32.2. The molecular weight excluding hydrogens is 502 g/mol. The SMILES string of the molecule is CC12CCC3C(C)(CCN(C=O)C3(C)C)C1CCC1C2CCC2(CNCCCN3CCS(=O)CC3)CCC[C@H]12. The molecule has 0 radical (unpaired) electrons. The lowest BCUT2D eigenvalue weighted by molar-refractivity contribution is -0.203. The average Bonchev–Trinajstić information content (AvgIpc) is 3.34. The van der Waals surface area contributed by atoms with E-state index >= 15 is 0 Å². The van der Waals surface area contributed by atoms with Crippen molar-refractivity contribution in [2.75, 3.05) is 50.8 Å². The van der Waals surface area contributed by atoms with Gasteiger partial charge in [-0.15, -0.1) is 0 Å². The van der Waals surface area contributed by atoms with Crippen LogP contribution < -0.4 is 5.32 Å². The van der Waals surface area contributed by atoms with Gasteiger partial charge in [-0.3, -0.25) is 9.00 Å². The summed E-state index contributed by atoms with van der Waals surface area (Å²) in [6.45, 7) is 16.6. The molecule has 4 saturated carbocycles. The molecular formula is C33H57N3O2S. The molecule has 5 nitrogen and oxygen atoms in total. The Hall–Kier alpha value is -0.460. The van der Waals surface area contributed by atoms with Crippen LogP contribution in [0, 0.1) is 45.8 Å². The van der Waals surface area contributed by atoms with Gasteiger partial charge in [0.1, 0.15) is 0 Å². The summed E-state index contributed by atoms with van der Waals surface area (Å²) in [4.78, 5) is 16.6. The lowest BCUT2D eigenvalue weighted by Crippen LogP contribution is -2.67. The second-order valence-electron chi connectivity index (χ2n) is 15.8. The van der Waals surface area contributed by atoms with Crippen LogP contribution in [0.15, 0.2) is 0 Å². The van der Waals surface area contributed by atoms with Crippen molar-refractivity contribution in [1.29, 1.82) is 0 Å². The van der Waals surface area contributed by atoms with Gasteiger partial charge in [-0.1, -0.05) is 20.3 Å². The molecule has 6 fully saturated rings. The van der Waals surface area contributed by atoms with Gasteiger partial charge in [-0.2, -0.15) is 0 Å². The van der Waals surface area contributed by atoms with Gasteiger partial charge in [0.25, 0.3) is 0 Å². The molecule has 4 aliphatic carbocycles. The Balaban J connectivity index is 1.10. The number of amides is 1. The second-order valence-corrected chi connectivity index (χ2v) is 17.5. The van der Waals surface area contributed by atoms with Crippen molar-refractivity contribution >= 4 is 17.2 Å². The molecule has 7 unspecified atom stereocenters. The minimum absolute atomic E-state index is 0.0153. The maximum atomic E-state index is 11.9. The number of likely N-dealkylation sites (tertiary alicyclic amines) is 1. The maximum absolute atomic E-state index is 11.9. The Bertz CT molecular complexity index is 932. The number of nitrogens with one attached hydrogen (secondary N) is 1. The normalized spacial score (nSPS) is 46.2. The lowest BCUT2D eigenvalue weighted by atomic mass is 9.38. The van der Waals surface area contributed by atoms with Crippen molar-refractivity contribution in [3.8, 4) is 0 Å². The zero-order valence-electron chi connectivity index (χ0n) is 25.5. The molecule has 6 aliphatic rings. The van der Waals surface area contributed by atoms with Crippen LogP contribution in [0.5, 0.6) is 0 Å². The molecule has 2 aliphatic heterocycles. The fourth-order valence-corrected chi connectivity index (χ4v) is 13.4.